The molecule has 0 saturated heterocycles. The summed E-state index contributed by atoms with van der Waals surface area (Å²) in [4.78, 5) is 11.1. The van der Waals surface area contributed by atoms with Crippen LogP contribution in [0.3, 0.4) is 0 Å². The lowest BCUT2D eigenvalue weighted by Crippen LogP contribution is -2.36. The number of nitrogens with zero attached hydrogens (tertiary/aromatic N) is 3. The molecule has 0 amide bonds. The summed E-state index contributed by atoms with van der Waals surface area (Å²) >= 11 is 0. The molecule has 0 bridgehead atoms. The fourth-order valence-electron chi connectivity index (χ4n) is 0.988. The fourth-order valence-corrected chi connectivity index (χ4v) is 0.988. The van der Waals surface area contributed by atoms with Crippen LogP contribution >= 0.6 is 0 Å². The van der Waals surface area contributed by atoms with Gasteiger partial charge in [0, 0.05) is 6.20 Å². The van der Waals surface area contributed by atoms with Crippen molar-refractivity contribution in [2.24, 2.45) is 26.6 Å². The van der Waals surface area contributed by atoms with Gasteiger partial charge in [-0.2, -0.15) is 4.99 Å². The fraction of sp³-hybridized carbons (Fsp3) is 0.167. The van der Waals surface area contributed by atoms with Crippen LogP contribution < -0.4 is 10.8 Å². The van der Waals surface area contributed by atoms with E-state index in [9.17, 15) is 5.11 Å². The van der Waals surface area contributed by atoms with E-state index in [1.807, 2.05) is 0 Å². The van der Waals surface area contributed by atoms with Gasteiger partial charge in [-0.05, 0) is 5.90 Å². The average Bonchev–Trinajstić information content (AvgIpc) is 2.34. The number of rotatable bonds is 0. The number of nitrogens with two attached hydrogens (primary N) is 1. The first-order chi connectivity index (χ1) is 5.27. The maximum Gasteiger partial charge on any atom is 0.220 e. The minimum Gasteiger partial charge on any atom is -0.861 e. The molecule has 2 aliphatic heterocycles. The standard InChI is InChI=1S/C6H6N4O/c7-6-9-4-3(1-2-8-4)5(11)10-6/h1-3H,(H3,7,8,9,10,11)/p-1/t3-/m1/s1. The van der Waals surface area contributed by atoms with Crippen molar-refractivity contribution in [1.29, 1.82) is 0 Å². The molecule has 2 rings (SSSR count). The van der Waals surface area contributed by atoms with E-state index in [1.54, 1.807) is 6.08 Å². The molecule has 0 radical (unpaired) electrons. The van der Waals surface area contributed by atoms with Crippen molar-refractivity contribution in [1.82, 2.24) is 0 Å². The topological polar surface area (TPSA) is 86.2 Å². The van der Waals surface area contributed by atoms with Gasteiger partial charge in [0.25, 0.3) is 0 Å². The van der Waals surface area contributed by atoms with Crippen molar-refractivity contribution in [3.63, 3.8) is 0 Å². The smallest absolute Gasteiger partial charge is 0.220 e. The van der Waals surface area contributed by atoms with Crippen LogP contribution in [0.5, 0.6) is 0 Å². The van der Waals surface area contributed by atoms with Gasteiger partial charge in [0.2, 0.25) is 5.96 Å². The monoisotopic (exact) mass is 149 g/mol. The van der Waals surface area contributed by atoms with Crippen LogP contribution in [0.4, 0.5) is 0 Å². The summed E-state index contributed by atoms with van der Waals surface area (Å²) in [5.41, 5.74) is 5.24. The van der Waals surface area contributed by atoms with Crippen molar-refractivity contribution in [3.05, 3.63) is 12.3 Å². The summed E-state index contributed by atoms with van der Waals surface area (Å²) in [6.07, 6.45) is 3.19. The molecule has 0 fully saturated rings. The number of hydrogen-bond acceptors (Lipinski definition) is 5. The first-order valence-corrected chi connectivity index (χ1v) is 3.11. The third-order valence-electron chi connectivity index (χ3n) is 1.48. The molecule has 2 heterocycles. The van der Waals surface area contributed by atoms with Gasteiger partial charge in [-0.1, -0.05) is 6.08 Å². The second-order valence-corrected chi connectivity index (χ2v) is 2.23. The molecule has 1 atom stereocenters. The number of aliphatic imine (C=N–C) groups is 3. The minimum atomic E-state index is -0.387. The molecule has 5 heteroatoms. The third kappa shape index (κ3) is 0.813. The van der Waals surface area contributed by atoms with E-state index in [2.05, 4.69) is 15.0 Å². The summed E-state index contributed by atoms with van der Waals surface area (Å²) in [6.45, 7) is 0. The third-order valence-corrected chi connectivity index (χ3v) is 1.48. The molecule has 0 unspecified atom stereocenters. The predicted octanol–water partition coefficient (Wildman–Crippen LogP) is -1.38. The average molecular weight is 149 g/mol. The van der Waals surface area contributed by atoms with Crippen LogP contribution in [-0.2, 0) is 0 Å². The molecule has 5 nitrogen and oxygen atoms in total. The minimum absolute atomic E-state index is 0.00583. The highest BCUT2D eigenvalue weighted by atomic mass is 16.3. The zero-order valence-corrected chi connectivity index (χ0v) is 5.56. The van der Waals surface area contributed by atoms with Crippen molar-refractivity contribution in [2.45, 2.75) is 0 Å². The predicted molar refractivity (Wildman–Crippen MR) is 39.1 cm³/mol. The highest BCUT2D eigenvalue weighted by Gasteiger charge is 2.20. The van der Waals surface area contributed by atoms with E-state index >= 15 is 0 Å². The van der Waals surface area contributed by atoms with E-state index in [1.165, 1.54) is 6.20 Å². The maximum absolute atomic E-state index is 11.0. The highest BCUT2D eigenvalue weighted by Crippen LogP contribution is 2.14. The molecule has 0 aromatic carbocycles. The van der Waals surface area contributed by atoms with Gasteiger partial charge >= 0.3 is 0 Å². The van der Waals surface area contributed by atoms with E-state index < -0.39 is 0 Å². The summed E-state index contributed by atoms with van der Waals surface area (Å²) in [5, 5.41) is 11.0. The van der Waals surface area contributed by atoms with Gasteiger partial charge in [-0.25, -0.2) is 9.98 Å². The lowest BCUT2D eigenvalue weighted by Gasteiger charge is -2.19. The Hall–Kier alpha value is -1.65. The normalized spacial score (nSPS) is 27.3. The first-order valence-electron chi connectivity index (χ1n) is 3.11. The molecular weight excluding hydrogens is 144 g/mol. The van der Waals surface area contributed by atoms with Crippen LogP contribution in [0, 0.1) is 5.92 Å². The Labute approximate surface area is 62.7 Å². The Bertz CT molecular complexity index is 313. The number of amidine groups is 1. The summed E-state index contributed by atoms with van der Waals surface area (Å²) in [7, 11) is 0. The van der Waals surface area contributed by atoms with Gasteiger partial charge in [0.15, 0.2) is 0 Å². The van der Waals surface area contributed by atoms with E-state index in [-0.39, 0.29) is 17.8 Å². The SMILES string of the molecule is NC1=NC2=NC=C[C@H]2C([O-])=N1. The Kier molecular flexibility index (Phi) is 1.06. The molecule has 0 aliphatic carbocycles. The molecule has 0 aromatic rings. The number of hydrogen-bond donors (Lipinski definition) is 1. The Morgan fingerprint density at radius 3 is 3.09 bits per heavy atom. The van der Waals surface area contributed by atoms with Crippen LogP contribution in [0.2, 0.25) is 0 Å². The van der Waals surface area contributed by atoms with Gasteiger partial charge in [-0.15, -0.1) is 0 Å². The molecule has 0 aromatic heterocycles. The van der Waals surface area contributed by atoms with E-state index in [4.69, 9.17) is 5.73 Å². The Balaban J connectivity index is 2.45. The van der Waals surface area contributed by atoms with Crippen molar-refractivity contribution in [3.8, 4) is 0 Å². The zero-order chi connectivity index (χ0) is 7.84. The quantitative estimate of drug-likeness (QED) is 0.460. The van der Waals surface area contributed by atoms with Crippen LogP contribution in [0.1, 0.15) is 0 Å². The second kappa shape index (κ2) is 1.91. The van der Waals surface area contributed by atoms with Gasteiger partial charge < -0.3 is 10.8 Å². The van der Waals surface area contributed by atoms with E-state index in [0.717, 1.165) is 0 Å². The largest absolute Gasteiger partial charge is 0.861 e. The molecule has 2 N–H and O–H groups in total. The van der Waals surface area contributed by atoms with Crippen molar-refractivity contribution >= 4 is 17.7 Å². The number of guanidine groups is 1. The zero-order valence-electron chi connectivity index (χ0n) is 5.56. The molecule has 2 aliphatic rings. The summed E-state index contributed by atoms with van der Waals surface area (Å²) in [6, 6.07) is 0. The van der Waals surface area contributed by atoms with Crippen LogP contribution in [-0.4, -0.2) is 17.7 Å². The van der Waals surface area contributed by atoms with Gasteiger partial charge in [0.05, 0.1) is 5.92 Å². The maximum atomic E-state index is 11.0. The molecule has 0 saturated carbocycles. The second-order valence-electron chi connectivity index (χ2n) is 2.23. The number of fused-ring (bicyclic) bond motifs is 1. The summed E-state index contributed by atoms with van der Waals surface area (Å²) in [5.74, 6) is -0.233. The van der Waals surface area contributed by atoms with Crippen molar-refractivity contribution in [2.75, 3.05) is 0 Å². The highest BCUT2D eigenvalue weighted by molar-refractivity contribution is 6.15. The molecule has 0 spiro atoms. The van der Waals surface area contributed by atoms with Gasteiger partial charge in [-0.3, -0.25) is 0 Å². The Morgan fingerprint density at radius 1 is 1.45 bits per heavy atom. The Morgan fingerprint density at radius 2 is 2.27 bits per heavy atom. The van der Waals surface area contributed by atoms with E-state index in [0.29, 0.717) is 5.84 Å². The molecular formula is C6H5N4O-. The lowest BCUT2D eigenvalue weighted by molar-refractivity contribution is -0.219. The van der Waals surface area contributed by atoms with Gasteiger partial charge in [0.1, 0.15) is 5.84 Å². The van der Waals surface area contributed by atoms with Crippen LogP contribution in [0.15, 0.2) is 27.3 Å². The van der Waals surface area contributed by atoms with Crippen LogP contribution in [0.25, 0.3) is 0 Å². The summed E-state index contributed by atoms with van der Waals surface area (Å²) < 4.78 is 0. The first kappa shape index (κ1) is 6.09. The molecule has 56 valence electrons. The molecule has 11 heavy (non-hydrogen) atoms. The lowest BCUT2D eigenvalue weighted by atomic mass is 10.1. The van der Waals surface area contributed by atoms with Crippen molar-refractivity contribution < 1.29 is 5.11 Å².